The number of hydrogen-bond donors (Lipinski definition) is 0. The van der Waals surface area contributed by atoms with E-state index in [9.17, 15) is 4.79 Å². The predicted octanol–water partition coefficient (Wildman–Crippen LogP) is 4.63. The Labute approximate surface area is 193 Å². The van der Waals surface area contributed by atoms with Gasteiger partial charge in [0.25, 0.3) is 0 Å². The van der Waals surface area contributed by atoms with Crippen molar-refractivity contribution in [3.63, 3.8) is 0 Å². The van der Waals surface area contributed by atoms with E-state index >= 15 is 0 Å². The Bertz CT molecular complexity index is 870. The van der Waals surface area contributed by atoms with Crippen molar-refractivity contribution < 1.29 is 23.2 Å². The molecule has 0 spiro atoms. The van der Waals surface area contributed by atoms with Gasteiger partial charge in [-0.2, -0.15) is 0 Å². The van der Waals surface area contributed by atoms with Crippen molar-refractivity contribution in [2.75, 3.05) is 66.6 Å². The van der Waals surface area contributed by atoms with E-state index in [4.69, 9.17) is 9.47 Å². The van der Waals surface area contributed by atoms with Gasteiger partial charge in [0.1, 0.15) is 37.8 Å². The molecule has 0 fully saturated rings. The maximum atomic E-state index is 13.1. The summed E-state index contributed by atoms with van der Waals surface area (Å²) in [5.74, 6) is 1.57. The van der Waals surface area contributed by atoms with E-state index in [-0.39, 0.29) is 5.78 Å². The van der Waals surface area contributed by atoms with Gasteiger partial charge < -0.3 is 18.4 Å². The number of hydrogen-bond acceptors (Lipinski definition) is 3. The molecule has 0 bridgehead atoms. The van der Waals surface area contributed by atoms with Crippen molar-refractivity contribution in [3.05, 3.63) is 47.5 Å². The molecule has 0 aromatic heterocycles. The fourth-order valence-electron chi connectivity index (χ4n) is 4.06. The lowest BCUT2D eigenvalue weighted by atomic mass is 10.1. The molecule has 0 aliphatic heterocycles. The van der Waals surface area contributed by atoms with Crippen LogP contribution in [0.5, 0.6) is 11.5 Å². The Hall–Kier alpha value is -2.37. The fourth-order valence-corrected chi connectivity index (χ4v) is 4.06. The van der Waals surface area contributed by atoms with Gasteiger partial charge in [0, 0.05) is 11.1 Å². The van der Waals surface area contributed by atoms with Crippen LogP contribution in [-0.2, 0) is 0 Å². The maximum Gasteiger partial charge on any atom is 0.194 e. The summed E-state index contributed by atoms with van der Waals surface area (Å²) in [7, 11) is 4.49. The van der Waals surface area contributed by atoms with Crippen molar-refractivity contribution in [1.82, 2.24) is 0 Å². The summed E-state index contributed by atoms with van der Waals surface area (Å²) >= 11 is 0. The van der Waals surface area contributed by atoms with Gasteiger partial charge in [-0.1, -0.05) is 0 Å². The van der Waals surface area contributed by atoms with Crippen LogP contribution < -0.4 is 9.47 Å². The third-order valence-electron chi connectivity index (χ3n) is 7.61. The first-order chi connectivity index (χ1) is 15.3. The van der Waals surface area contributed by atoms with E-state index in [1.54, 1.807) is 0 Å². The molecule has 2 aromatic rings. The highest BCUT2D eigenvalue weighted by atomic mass is 16.5. The molecule has 0 atom stereocenters. The Morgan fingerprint density at radius 2 is 1.00 bits per heavy atom. The van der Waals surface area contributed by atoms with E-state index in [2.05, 4.69) is 41.8 Å². The molecule has 3 rings (SSSR count). The average Bonchev–Trinajstić information content (AvgIpc) is 3.09. The number of likely N-dealkylation sites (N-methyl/N-ethyl adjacent to an activating group) is 2. The fraction of sp³-hybridized carbons (Fsp3) is 0.519. The highest BCUT2D eigenvalue weighted by Gasteiger charge is 2.28. The van der Waals surface area contributed by atoms with Crippen LogP contribution in [0.1, 0.15) is 43.6 Å². The van der Waals surface area contributed by atoms with Crippen LogP contribution >= 0.6 is 0 Å². The number of quaternary nitrogens is 2. The van der Waals surface area contributed by atoms with Crippen molar-refractivity contribution in [1.29, 1.82) is 0 Å². The van der Waals surface area contributed by atoms with Crippen LogP contribution in [-0.4, -0.2) is 81.3 Å². The smallest absolute Gasteiger partial charge is 0.194 e. The van der Waals surface area contributed by atoms with Crippen LogP contribution in [0, 0.1) is 0 Å². The number of benzene rings is 2. The molecule has 0 saturated heterocycles. The maximum absolute atomic E-state index is 13.1. The summed E-state index contributed by atoms with van der Waals surface area (Å²) in [4.78, 5) is 13.1. The summed E-state index contributed by atoms with van der Waals surface area (Å²) in [5.41, 5.74) is 3.40. The largest absolute Gasteiger partial charge is 0.488 e. The first kappa shape index (κ1) is 24.3. The Morgan fingerprint density at radius 1 is 0.625 bits per heavy atom. The molecule has 0 N–H and O–H groups in total. The number of rotatable bonds is 12. The SMILES string of the molecule is CC[N+](C)(CC)CCOc1ccc2c(c1)C(=O)c1cc(OCC[N+](C)(CC)CC)ccc1-2. The normalized spacial score (nSPS) is 13.1. The molecule has 0 saturated carbocycles. The summed E-state index contributed by atoms with van der Waals surface area (Å²) < 4.78 is 14.0. The molecule has 0 amide bonds. The molecule has 0 radical (unpaired) electrons. The number of ketones is 1. The minimum absolute atomic E-state index is 0.0522. The molecule has 32 heavy (non-hydrogen) atoms. The highest BCUT2D eigenvalue weighted by molar-refractivity contribution is 6.22. The van der Waals surface area contributed by atoms with Crippen LogP contribution in [0.2, 0.25) is 0 Å². The Kier molecular flexibility index (Phi) is 7.63. The Balaban J connectivity index is 1.67. The molecular weight excluding hydrogens is 400 g/mol. The first-order valence-electron chi connectivity index (χ1n) is 12.0. The van der Waals surface area contributed by atoms with Gasteiger partial charge in [-0.25, -0.2) is 0 Å². The second-order valence-electron chi connectivity index (χ2n) is 9.39. The lowest BCUT2D eigenvalue weighted by molar-refractivity contribution is -0.906. The summed E-state index contributed by atoms with van der Waals surface area (Å²) in [6, 6.07) is 11.8. The second kappa shape index (κ2) is 10.1. The van der Waals surface area contributed by atoms with Gasteiger partial charge in [0.15, 0.2) is 5.78 Å². The van der Waals surface area contributed by atoms with Gasteiger partial charge in [-0.05, 0) is 75.2 Å². The molecule has 5 heteroatoms. The van der Waals surface area contributed by atoms with E-state index < -0.39 is 0 Å². The van der Waals surface area contributed by atoms with Crippen LogP contribution in [0.3, 0.4) is 0 Å². The third-order valence-corrected chi connectivity index (χ3v) is 7.61. The standard InChI is InChI=1S/C27H40N2O3/c1-7-28(5,8-2)15-17-31-21-11-13-23-24-14-12-22(20-26(24)27(30)25(23)19-21)32-18-16-29(6,9-3)10-4/h11-14,19-20H,7-10,15-18H2,1-6H3/q+2. The highest BCUT2D eigenvalue weighted by Crippen LogP contribution is 2.39. The number of fused-ring (bicyclic) bond motifs is 3. The summed E-state index contributed by atoms with van der Waals surface area (Å²) in [6.07, 6.45) is 0. The molecule has 5 nitrogen and oxygen atoms in total. The van der Waals surface area contributed by atoms with Crippen molar-refractivity contribution >= 4 is 5.78 Å². The molecule has 2 aromatic carbocycles. The van der Waals surface area contributed by atoms with E-state index in [0.717, 1.165) is 82.0 Å². The Morgan fingerprint density at radius 3 is 1.34 bits per heavy atom. The molecule has 0 heterocycles. The molecule has 174 valence electrons. The topological polar surface area (TPSA) is 35.5 Å². The summed E-state index contributed by atoms with van der Waals surface area (Å²) in [5, 5.41) is 0. The predicted molar refractivity (Wildman–Crippen MR) is 131 cm³/mol. The molecular formula is C27H40N2O3+2. The molecule has 1 aliphatic rings. The number of carbonyl (C=O) groups is 1. The minimum Gasteiger partial charge on any atom is -0.488 e. The minimum atomic E-state index is 0.0522. The lowest BCUT2D eigenvalue weighted by Gasteiger charge is -2.31. The van der Waals surface area contributed by atoms with Gasteiger partial charge in [-0.15, -0.1) is 0 Å². The van der Waals surface area contributed by atoms with Gasteiger partial charge >= 0.3 is 0 Å². The average molecular weight is 441 g/mol. The van der Waals surface area contributed by atoms with Crippen molar-refractivity contribution in [2.45, 2.75) is 27.7 Å². The van der Waals surface area contributed by atoms with E-state index in [1.165, 1.54) is 0 Å². The van der Waals surface area contributed by atoms with Gasteiger partial charge in [0.2, 0.25) is 0 Å². The monoisotopic (exact) mass is 440 g/mol. The van der Waals surface area contributed by atoms with Crippen LogP contribution in [0.15, 0.2) is 36.4 Å². The van der Waals surface area contributed by atoms with E-state index in [0.29, 0.717) is 13.2 Å². The zero-order valence-electron chi connectivity index (χ0n) is 20.7. The first-order valence-corrected chi connectivity index (χ1v) is 12.0. The van der Waals surface area contributed by atoms with Crippen LogP contribution in [0.25, 0.3) is 11.1 Å². The zero-order valence-corrected chi connectivity index (χ0v) is 20.7. The lowest BCUT2D eigenvalue weighted by Crippen LogP contribution is -2.46. The van der Waals surface area contributed by atoms with Gasteiger partial charge in [0.05, 0.1) is 40.3 Å². The van der Waals surface area contributed by atoms with E-state index in [1.807, 2.05) is 36.4 Å². The van der Waals surface area contributed by atoms with Crippen molar-refractivity contribution in [3.8, 4) is 22.6 Å². The molecule has 0 unspecified atom stereocenters. The zero-order chi connectivity index (χ0) is 23.4. The van der Waals surface area contributed by atoms with Crippen molar-refractivity contribution in [2.24, 2.45) is 0 Å². The quantitative estimate of drug-likeness (QED) is 0.385. The summed E-state index contributed by atoms with van der Waals surface area (Å²) in [6.45, 7) is 16.3. The van der Waals surface area contributed by atoms with Gasteiger partial charge in [-0.3, -0.25) is 4.79 Å². The van der Waals surface area contributed by atoms with Crippen LogP contribution in [0.4, 0.5) is 0 Å². The third kappa shape index (κ3) is 5.16. The second-order valence-corrected chi connectivity index (χ2v) is 9.39. The number of carbonyl (C=O) groups excluding carboxylic acids is 1. The number of ether oxygens (including phenoxy) is 2. The molecule has 1 aliphatic carbocycles. The number of nitrogens with zero attached hydrogens (tertiary/aromatic N) is 2.